The largest absolute Gasteiger partial charge is 0.697 e. The Balaban J connectivity index is 1.27. The van der Waals surface area contributed by atoms with E-state index in [1.54, 1.807) is 0 Å². The summed E-state index contributed by atoms with van der Waals surface area (Å²) in [4.78, 5) is 0. The first kappa shape index (κ1) is 18.8. The molecule has 4 aromatic rings. The predicted molar refractivity (Wildman–Crippen MR) is 115 cm³/mol. The molecule has 4 rings (SSSR count). The molecule has 0 bridgehead atoms. The zero-order chi connectivity index (χ0) is 19.2. The van der Waals surface area contributed by atoms with E-state index < -0.39 is 8.25 Å². The Morgan fingerprint density at radius 2 is 1.00 bits per heavy atom. The first-order chi connectivity index (χ1) is 13.8. The molecule has 0 saturated carbocycles. The quantitative estimate of drug-likeness (QED) is 0.324. The molecule has 28 heavy (non-hydrogen) atoms. The van der Waals surface area contributed by atoms with Crippen molar-refractivity contribution in [3.63, 3.8) is 0 Å². The van der Waals surface area contributed by atoms with Crippen molar-refractivity contribution in [3.05, 3.63) is 96.1 Å². The molecule has 0 N–H and O–H groups in total. The van der Waals surface area contributed by atoms with Gasteiger partial charge in [0.25, 0.3) is 0 Å². The molecule has 0 heterocycles. The Morgan fingerprint density at radius 1 is 0.571 bits per heavy atom. The first-order valence-corrected chi connectivity index (χ1v) is 10.6. The Morgan fingerprint density at radius 3 is 1.50 bits per heavy atom. The van der Waals surface area contributed by atoms with Gasteiger partial charge in [0.15, 0.2) is 0 Å². The maximum absolute atomic E-state index is 12.1. The van der Waals surface area contributed by atoms with Crippen LogP contribution in [0.5, 0.6) is 0 Å². The van der Waals surface area contributed by atoms with E-state index in [2.05, 4.69) is 48.5 Å². The summed E-state index contributed by atoms with van der Waals surface area (Å²) in [5, 5.41) is 4.83. The molecule has 0 saturated heterocycles. The lowest BCUT2D eigenvalue weighted by atomic mass is 10.0. The van der Waals surface area contributed by atoms with Crippen molar-refractivity contribution < 1.29 is 13.6 Å². The fraction of sp³-hybridized carbons (Fsp3) is 0.167. The van der Waals surface area contributed by atoms with Gasteiger partial charge in [-0.15, -0.1) is 9.05 Å². The van der Waals surface area contributed by atoms with Crippen LogP contribution < -0.4 is 0 Å². The molecule has 0 fully saturated rings. The second-order valence-electron chi connectivity index (χ2n) is 6.67. The molecule has 0 atom stereocenters. The molecular formula is C24H22O3P+. The molecule has 0 aliphatic carbocycles. The van der Waals surface area contributed by atoms with E-state index in [0.717, 1.165) is 0 Å². The Kier molecular flexibility index (Phi) is 6.08. The van der Waals surface area contributed by atoms with Crippen LogP contribution >= 0.6 is 8.25 Å². The van der Waals surface area contributed by atoms with Gasteiger partial charge < -0.3 is 0 Å². The Hall–Kier alpha value is -2.58. The van der Waals surface area contributed by atoms with Gasteiger partial charge in [-0.2, -0.15) is 0 Å². The van der Waals surface area contributed by atoms with Crippen LogP contribution in [0.15, 0.2) is 84.9 Å². The lowest BCUT2D eigenvalue weighted by molar-refractivity contribution is 0.230. The molecule has 0 amide bonds. The number of benzene rings is 4. The lowest BCUT2D eigenvalue weighted by Crippen LogP contribution is -1.98. The third kappa shape index (κ3) is 4.45. The van der Waals surface area contributed by atoms with Gasteiger partial charge in [-0.1, -0.05) is 84.9 Å². The summed E-state index contributed by atoms with van der Waals surface area (Å²) in [6, 6.07) is 29.0. The van der Waals surface area contributed by atoms with Crippen molar-refractivity contribution in [2.45, 2.75) is 12.8 Å². The van der Waals surface area contributed by atoms with Crippen LogP contribution in [-0.2, 0) is 26.5 Å². The summed E-state index contributed by atoms with van der Waals surface area (Å²) < 4.78 is 22.9. The van der Waals surface area contributed by atoms with E-state index >= 15 is 0 Å². The number of hydrogen-bond acceptors (Lipinski definition) is 3. The van der Waals surface area contributed by atoms with Crippen molar-refractivity contribution in [3.8, 4) is 0 Å². The van der Waals surface area contributed by atoms with E-state index in [1.807, 2.05) is 36.4 Å². The van der Waals surface area contributed by atoms with Crippen molar-refractivity contribution in [2.75, 3.05) is 13.2 Å². The van der Waals surface area contributed by atoms with Crippen molar-refractivity contribution >= 4 is 29.8 Å². The van der Waals surface area contributed by atoms with Gasteiger partial charge in [-0.3, -0.25) is 0 Å². The monoisotopic (exact) mass is 389 g/mol. The number of hydrogen-bond donors (Lipinski definition) is 0. The van der Waals surface area contributed by atoms with Gasteiger partial charge in [0.2, 0.25) is 0 Å². The first-order valence-electron chi connectivity index (χ1n) is 9.47. The molecule has 4 heteroatoms. The smallest absolute Gasteiger partial charge is 0.119 e. The maximum atomic E-state index is 12.1. The van der Waals surface area contributed by atoms with E-state index in [0.29, 0.717) is 26.1 Å². The Bertz CT molecular complexity index is 1010. The minimum Gasteiger partial charge on any atom is -0.119 e. The maximum Gasteiger partial charge on any atom is 0.697 e. The van der Waals surface area contributed by atoms with E-state index in [4.69, 9.17) is 9.05 Å². The molecule has 4 aromatic carbocycles. The zero-order valence-corrected chi connectivity index (χ0v) is 16.5. The highest BCUT2D eigenvalue weighted by molar-refractivity contribution is 7.33. The van der Waals surface area contributed by atoms with Crippen molar-refractivity contribution in [1.29, 1.82) is 0 Å². The normalized spacial score (nSPS) is 11.1. The average molecular weight is 389 g/mol. The minimum atomic E-state index is -2.11. The van der Waals surface area contributed by atoms with Crippen LogP contribution in [0, 0.1) is 0 Å². The molecule has 0 aliphatic rings. The molecule has 0 spiro atoms. The second kappa shape index (κ2) is 9.07. The summed E-state index contributed by atoms with van der Waals surface area (Å²) in [7, 11) is -2.11. The van der Waals surface area contributed by atoms with Gasteiger partial charge in [-0.25, -0.2) is 0 Å². The van der Waals surface area contributed by atoms with Gasteiger partial charge in [0.1, 0.15) is 13.2 Å². The highest BCUT2D eigenvalue weighted by Gasteiger charge is 2.20. The summed E-state index contributed by atoms with van der Waals surface area (Å²) in [5.41, 5.74) is 2.38. The number of rotatable bonds is 8. The molecule has 0 aliphatic heterocycles. The highest BCUT2D eigenvalue weighted by Crippen LogP contribution is 2.26. The van der Waals surface area contributed by atoms with Gasteiger partial charge in [0.05, 0.1) is 0 Å². The SMILES string of the molecule is O=[P+](OCCc1cccc2ccccc12)OCCc1cccc2ccccc12. The van der Waals surface area contributed by atoms with Crippen LogP contribution in [0.2, 0.25) is 0 Å². The standard InChI is InChI=1S/C24H22O3P/c25-28(26-17-15-21-11-5-9-19-7-1-3-13-23(19)21)27-18-16-22-12-6-10-20-8-2-4-14-24(20)22/h1-14H,15-18H2/q+1. The van der Waals surface area contributed by atoms with Crippen LogP contribution in [0.1, 0.15) is 11.1 Å². The third-order valence-electron chi connectivity index (χ3n) is 4.90. The van der Waals surface area contributed by atoms with Crippen LogP contribution in [-0.4, -0.2) is 13.2 Å². The predicted octanol–water partition coefficient (Wildman–Crippen LogP) is 6.47. The van der Waals surface area contributed by atoms with E-state index in [9.17, 15) is 4.57 Å². The van der Waals surface area contributed by atoms with Crippen LogP contribution in [0.25, 0.3) is 21.5 Å². The fourth-order valence-electron chi connectivity index (χ4n) is 3.52. The average Bonchev–Trinajstić information content (AvgIpc) is 2.74. The fourth-order valence-corrected chi connectivity index (χ4v) is 4.07. The van der Waals surface area contributed by atoms with Crippen molar-refractivity contribution in [2.24, 2.45) is 0 Å². The van der Waals surface area contributed by atoms with Gasteiger partial charge in [-0.05, 0) is 32.7 Å². The zero-order valence-electron chi connectivity index (χ0n) is 15.6. The molecule has 0 radical (unpaired) electrons. The van der Waals surface area contributed by atoms with E-state index in [1.165, 1.54) is 32.7 Å². The lowest BCUT2D eigenvalue weighted by Gasteiger charge is -2.04. The number of fused-ring (bicyclic) bond motifs is 2. The molecular weight excluding hydrogens is 367 g/mol. The summed E-state index contributed by atoms with van der Waals surface area (Å²) in [6.45, 7) is 0.745. The van der Waals surface area contributed by atoms with Gasteiger partial charge in [0, 0.05) is 17.4 Å². The summed E-state index contributed by atoms with van der Waals surface area (Å²) in [6.07, 6.45) is 1.41. The Labute approximate surface area is 165 Å². The summed E-state index contributed by atoms with van der Waals surface area (Å²) >= 11 is 0. The van der Waals surface area contributed by atoms with Crippen LogP contribution in [0.4, 0.5) is 0 Å². The third-order valence-corrected chi connectivity index (χ3v) is 5.68. The second-order valence-corrected chi connectivity index (χ2v) is 7.63. The minimum absolute atomic E-state index is 0.372. The highest BCUT2D eigenvalue weighted by atomic mass is 31.1. The molecule has 3 nitrogen and oxygen atoms in total. The van der Waals surface area contributed by atoms with Crippen LogP contribution in [0.3, 0.4) is 0 Å². The van der Waals surface area contributed by atoms with Gasteiger partial charge >= 0.3 is 8.25 Å². The molecule has 0 unspecified atom stereocenters. The topological polar surface area (TPSA) is 35.5 Å². The summed E-state index contributed by atoms with van der Waals surface area (Å²) in [5.74, 6) is 0. The molecule has 140 valence electrons. The van der Waals surface area contributed by atoms with E-state index in [-0.39, 0.29) is 0 Å². The molecule has 0 aromatic heterocycles. The van der Waals surface area contributed by atoms with Crippen molar-refractivity contribution in [1.82, 2.24) is 0 Å².